The fourth-order valence-electron chi connectivity index (χ4n) is 4.70. The van der Waals surface area contributed by atoms with E-state index in [-0.39, 0.29) is 32.6 Å². The number of phosphoric ester groups is 1. The molecule has 0 aromatic heterocycles. The Labute approximate surface area is 310 Å². The molecule has 0 heterocycles. The van der Waals surface area contributed by atoms with E-state index in [9.17, 15) is 19.0 Å². The smallest absolute Gasteiger partial charge is 0.462 e. The van der Waals surface area contributed by atoms with Crippen LogP contribution in [0.25, 0.3) is 0 Å². The number of hydrogen-bond acceptors (Lipinski definition) is 8. The Morgan fingerprint density at radius 2 is 1.08 bits per heavy atom. The Bertz CT molecular complexity index is 1070. The van der Waals surface area contributed by atoms with Gasteiger partial charge in [0.25, 0.3) is 0 Å². The molecule has 0 saturated heterocycles. The Morgan fingerprint density at radius 3 is 1.65 bits per heavy atom. The Kier molecular flexibility index (Phi) is 35.4. The minimum atomic E-state index is -4.38. The SMILES string of the molecule is CC/C=C\C/C=C\C/C=C\C/C=C\C/C=C\CCCCCC(=O)OC[C@H](COP(=O)(O)OCCN)OC(=O)CCCCCCC/C=C\CCCC. The molecule has 0 radical (unpaired) electrons. The van der Waals surface area contributed by atoms with Gasteiger partial charge in [0.1, 0.15) is 6.61 Å². The maximum absolute atomic E-state index is 12.5. The highest BCUT2D eigenvalue weighted by Crippen LogP contribution is 2.43. The molecule has 0 fully saturated rings. The van der Waals surface area contributed by atoms with Crippen LogP contribution in [0.3, 0.4) is 0 Å². The number of ether oxygens (including phenoxy) is 2. The van der Waals surface area contributed by atoms with Crippen LogP contribution < -0.4 is 5.73 Å². The van der Waals surface area contributed by atoms with Gasteiger partial charge in [-0.2, -0.15) is 0 Å². The standard InChI is InChI=1S/C41H70NO8P/c1-3-5-7-9-11-13-15-16-17-18-19-20-21-22-24-25-27-29-31-33-40(43)47-37-39(38-49-51(45,46)48-36-35-42)50-41(44)34-32-30-28-26-23-14-12-10-8-6-4-2/h5,7,10-13,16-17,19-20,22,24,39H,3-4,6,8-9,14-15,18,21,23,25-38,42H2,1-2H3,(H,45,46)/b7-5-,12-10-,13-11-,17-16-,20-19-,24-22-/t39-/m1/s1. The molecule has 0 bridgehead atoms. The van der Waals surface area contributed by atoms with E-state index in [0.717, 1.165) is 89.9 Å². The van der Waals surface area contributed by atoms with Crippen LogP contribution in [-0.2, 0) is 32.7 Å². The monoisotopic (exact) mass is 735 g/mol. The van der Waals surface area contributed by atoms with E-state index in [0.29, 0.717) is 12.8 Å². The first kappa shape index (κ1) is 48.5. The summed E-state index contributed by atoms with van der Waals surface area (Å²) < 4.78 is 32.6. The van der Waals surface area contributed by atoms with Gasteiger partial charge in [0.05, 0.1) is 13.2 Å². The van der Waals surface area contributed by atoms with E-state index in [1.165, 1.54) is 12.8 Å². The molecule has 0 aliphatic heterocycles. The zero-order valence-electron chi connectivity index (χ0n) is 31.8. The minimum Gasteiger partial charge on any atom is -0.462 e. The molecule has 0 aliphatic carbocycles. The fraction of sp³-hybridized carbons (Fsp3) is 0.659. The van der Waals surface area contributed by atoms with Crippen molar-refractivity contribution in [3.05, 3.63) is 72.9 Å². The average Bonchev–Trinajstić information content (AvgIpc) is 3.11. The number of allylic oxidation sites excluding steroid dienone is 12. The lowest BCUT2D eigenvalue weighted by Crippen LogP contribution is -2.29. The number of hydrogen-bond donors (Lipinski definition) is 2. The molecule has 0 rings (SSSR count). The van der Waals surface area contributed by atoms with E-state index in [1.807, 2.05) is 0 Å². The Balaban J connectivity index is 4.28. The first-order chi connectivity index (χ1) is 24.8. The van der Waals surface area contributed by atoms with Crippen LogP contribution in [0.15, 0.2) is 72.9 Å². The molecule has 51 heavy (non-hydrogen) atoms. The third kappa shape index (κ3) is 37.0. The van der Waals surface area contributed by atoms with Crippen molar-refractivity contribution in [2.24, 2.45) is 5.73 Å². The lowest BCUT2D eigenvalue weighted by atomic mass is 10.1. The van der Waals surface area contributed by atoms with Gasteiger partial charge in [-0.25, -0.2) is 4.57 Å². The van der Waals surface area contributed by atoms with Gasteiger partial charge < -0.3 is 20.1 Å². The third-order valence-electron chi connectivity index (χ3n) is 7.58. The molecule has 0 saturated carbocycles. The summed E-state index contributed by atoms with van der Waals surface area (Å²) in [6.07, 6.45) is 43.6. The second-order valence-corrected chi connectivity index (χ2v) is 13.9. The number of carbonyl (C=O) groups is 2. The number of esters is 2. The van der Waals surface area contributed by atoms with Crippen molar-refractivity contribution < 1.29 is 37.6 Å². The van der Waals surface area contributed by atoms with Crippen LogP contribution in [0.1, 0.15) is 142 Å². The van der Waals surface area contributed by atoms with Crippen LogP contribution in [0.2, 0.25) is 0 Å². The van der Waals surface area contributed by atoms with Crippen molar-refractivity contribution in [1.29, 1.82) is 0 Å². The van der Waals surface area contributed by atoms with Crippen LogP contribution in [0.5, 0.6) is 0 Å². The van der Waals surface area contributed by atoms with E-state index in [4.69, 9.17) is 24.3 Å². The van der Waals surface area contributed by atoms with Crippen molar-refractivity contribution in [1.82, 2.24) is 0 Å². The van der Waals surface area contributed by atoms with E-state index in [1.54, 1.807) is 0 Å². The van der Waals surface area contributed by atoms with Gasteiger partial charge in [0.15, 0.2) is 6.10 Å². The molecule has 292 valence electrons. The molecule has 0 aromatic rings. The Morgan fingerprint density at radius 1 is 0.608 bits per heavy atom. The summed E-state index contributed by atoms with van der Waals surface area (Å²) >= 11 is 0. The summed E-state index contributed by atoms with van der Waals surface area (Å²) in [5.41, 5.74) is 5.33. The number of nitrogens with two attached hydrogens (primary N) is 1. The summed E-state index contributed by atoms with van der Waals surface area (Å²) in [4.78, 5) is 34.7. The van der Waals surface area contributed by atoms with Crippen molar-refractivity contribution >= 4 is 19.8 Å². The summed E-state index contributed by atoms with van der Waals surface area (Å²) in [6.45, 7) is 3.49. The largest absolute Gasteiger partial charge is 0.472 e. The van der Waals surface area contributed by atoms with Crippen molar-refractivity contribution in [2.45, 2.75) is 148 Å². The van der Waals surface area contributed by atoms with E-state index in [2.05, 4.69) is 86.8 Å². The number of rotatable bonds is 35. The summed E-state index contributed by atoms with van der Waals surface area (Å²) in [6, 6.07) is 0. The first-order valence-electron chi connectivity index (χ1n) is 19.4. The van der Waals surface area contributed by atoms with Gasteiger partial charge in [-0.15, -0.1) is 0 Å². The third-order valence-corrected chi connectivity index (χ3v) is 8.56. The molecule has 1 unspecified atom stereocenters. The predicted molar refractivity (Wildman–Crippen MR) is 210 cm³/mol. The molecular formula is C41H70NO8P. The molecule has 0 aromatic carbocycles. The second-order valence-electron chi connectivity index (χ2n) is 12.4. The van der Waals surface area contributed by atoms with Gasteiger partial charge in [0, 0.05) is 19.4 Å². The van der Waals surface area contributed by atoms with E-state index >= 15 is 0 Å². The highest BCUT2D eigenvalue weighted by molar-refractivity contribution is 7.47. The van der Waals surface area contributed by atoms with Gasteiger partial charge in [-0.1, -0.05) is 125 Å². The average molecular weight is 736 g/mol. The quantitative estimate of drug-likeness (QED) is 0.0282. The normalized spacial score (nSPS) is 14.2. The highest BCUT2D eigenvalue weighted by atomic mass is 31.2. The summed E-state index contributed by atoms with van der Waals surface area (Å²) in [5, 5.41) is 0. The highest BCUT2D eigenvalue weighted by Gasteiger charge is 2.25. The lowest BCUT2D eigenvalue weighted by molar-refractivity contribution is -0.161. The van der Waals surface area contributed by atoms with Crippen molar-refractivity contribution in [2.75, 3.05) is 26.4 Å². The predicted octanol–water partition coefficient (Wildman–Crippen LogP) is 10.7. The number of phosphoric acid groups is 1. The van der Waals surface area contributed by atoms with Crippen LogP contribution >= 0.6 is 7.82 Å². The lowest BCUT2D eigenvalue weighted by Gasteiger charge is -2.19. The number of carbonyl (C=O) groups excluding carboxylic acids is 2. The maximum atomic E-state index is 12.5. The molecular weight excluding hydrogens is 665 g/mol. The zero-order chi connectivity index (χ0) is 37.5. The van der Waals surface area contributed by atoms with Crippen molar-refractivity contribution in [3.63, 3.8) is 0 Å². The van der Waals surface area contributed by atoms with Crippen LogP contribution in [0.4, 0.5) is 0 Å². The summed E-state index contributed by atoms with van der Waals surface area (Å²) in [7, 11) is -4.38. The molecule has 9 nitrogen and oxygen atoms in total. The Hall–Kier alpha value is -2.55. The minimum absolute atomic E-state index is 0.0436. The second kappa shape index (κ2) is 37.2. The van der Waals surface area contributed by atoms with Crippen molar-refractivity contribution in [3.8, 4) is 0 Å². The molecule has 10 heteroatoms. The van der Waals surface area contributed by atoms with Gasteiger partial charge in [0.2, 0.25) is 0 Å². The molecule has 0 amide bonds. The van der Waals surface area contributed by atoms with Crippen LogP contribution in [0, 0.1) is 0 Å². The van der Waals surface area contributed by atoms with Crippen LogP contribution in [-0.4, -0.2) is 49.3 Å². The maximum Gasteiger partial charge on any atom is 0.472 e. The van der Waals surface area contributed by atoms with Gasteiger partial charge in [-0.05, 0) is 77.0 Å². The topological polar surface area (TPSA) is 134 Å². The van der Waals surface area contributed by atoms with Gasteiger partial charge in [-0.3, -0.25) is 18.6 Å². The first-order valence-corrected chi connectivity index (χ1v) is 20.9. The molecule has 2 atom stereocenters. The summed E-state index contributed by atoms with van der Waals surface area (Å²) in [5.74, 6) is -0.887. The van der Waals surface area contributed by atoms with E-state index < -0.39 is 32.5 Å². The van der Waals surface area contributed by atoms with Gasteiger partial charge >= 0.3 is 19.8 Å². The zero-order valence-corrected chi connectivity index (χ0v) is 32.7. The molecule has 0 aliphatic rings. The number of unbranched alkanes of at least 4 members (excludes halogenated alkanes) is 10. The molecule has 0 spiro atoms. The fourth-order valence-corrected chi connectivity index (χ4v) is 5.46. The molecule has 3 N–H and O–H groups in total.